The maximum Gasteiger partial charge on any atom is 0.0905 e. The summed E-state index contributed by atoms with van der Waals surface area (Å²) in [6.45, 7) is 4.18. The standard InChI is InChI=1S/C11H16N4S/c1-7(12-3)11-10(14-8(2)16-11)9-5-13-15(4)6-9/h5-7,12H,1-4H3. The van der Waals surface area contributed by atoms with Crippen LogP contribution in [0.2, 0.25) is 0 Å². The molecule has 16 heavy (non-hydrogen) atoms. The summed E-state index contributed by atoms with van der Waals surface area (Å²) in [7, 11) is 3.89. The Morgan fingerprint density at radius 2 is 2.25 bits per heavy atom. The van der Waals surface area contributed by atoms with Crippen molar-refractivity contribution in [1.29, 1.82) is 0 Å². The largest absolute Gasteiger partial charge is 0.312 e. The Morgan fingerprint density at radius 3 is 2.81 bits per heavy atom. The number of aromatic nitrogens is 3. The fraction of sp³-hybridized carbons (Fsp3) is 0.455. The van der Waals surface area contributed by atoms with Crippen molar-refractivity contribution in [3.05, 3.63) is 22.3 Å². The molecule has 0 saturated carbocycles. The van der Waals surface area contributed by atoms with Gasteiger partial charge in [0.05, 0.1) is 16.9 Å². The van der Waals surface area contributed by atoms with Gasteiger partial charge in [0.15, 0.2) is 0 Å². The highest BCUT2D eigenvalue weighted by atomic mass is 32.1. The van der Waals surface area contributed by atoms with Crippen LogP contribution in [0.1, 0.15) is 22.9 Å². The molecule has 0 bridgehead atoms. The highest BCUT2D eigenvalue weighted by molar-refractivity contribution is 7.12. The number of hydrogen-bond acceptors (Lipinski definition) is 4. The summed E-state index contributed by atoms with van der Waals surface area (Å²) in [5.41, 5.74) is 2.14. The third-order valence-electron chi connectivity index (χ3n) is 2.56. The second-order valence-corrected chi connectivity index (χ2v) is 5.09. The van der Waals surface area contributed by atoms with E-state index in [1.54, 1.807) is 16.0 Å². The van der Waals surface area contributed by atoms with Gasteiger partial charge in [-0.05, 0) is 20.9 Å². The quantitative estimate of drug-likeness (QED) is 0.887. The lowest BCUT2D eigenvalue weighted by atomic mass is 10.1. The van der Waals surface area contributed by atoms with Crippen LogP contribution in [0.25, 0.3) is 11.3 Å². The monoisotopic (exact) mass is 236 g/mol. The van der Waals surface area contributed by atoms with Crippen molar-refractivity contribution in [2.24, 2.45) is 7.05 Å². The average Bonchev–Trinajstić information content (AvgIpc) is 2.83. The molecule has 0 fully saturated rings. The minimum atomic E-state index is 0.321. The molecule has 2 aromatic rings. The highest BCUT2D eigenvalue weighted by Crippen LogP contribution is 2.32. The number of rotatable bonds is 3. The van der Waals surface area contributed by atoms with E-state index in [1.807, 2.05) is 33.4 Å². The molecule has 0 saturated heterocycles. The van der Waals surface area contributed by atoms with Crippen molar-refractivity contribution in [3.8, 4) is 11.3 Å². The lowest BCUT2D eigenvalue weighted by molar-refractivity contribution is 0.664. The fourth-order valence-electron chi connectivity index (χ4n) is 1.62. The van der Waals surface area contributed by atoms with E-state index in [0.29, 0.717) is 6.04 Å². The first kappa shape index (κ1) is 11.3. The first-order valence-electron chi connectivity index (χ1n) is 5.25. The van der Waals surface area contributed by atoms with Gasteiger partial charge in [-0.25, -0.2) is 4.98 Å². The van der Waals surface area contributed by atoms with Crippen LogP contribution in [0.15, 0.2) is 12.4 Å². The summed E-state index contributed by atoms with van der Waals surface area (Å²) in [6, 6.07) is 0.321. The van der Waals surface area contributed by atoms with Crippen LogP contribution in [0.4, 0.5) is 0 Å². The number of thiazole rings is 1. The Balaban J connectivity index is 2.47. The molecule has 0 amide bonds. The van der Waals surface area contributed by atoms with Crippen molar-refractivity contribution < 1.29 is 0 Å². The Kier molecular flexibility index (Phi) is 3.07. The second kappa shape index (κ2) is 4.35. The first-order chi connectivity index (χ1) is 7.61. The van der Waals surface area contributed by atoms with Gasteiger partial charge in [-0.2, -0.15) is 5.10 Å². The van der Waals surface area contributed by atoms with Gasteiger partial charge in [0.2, 0.25) is 0 Å². The zero-order valence-corrected chi connectivity index (χ0v) is 10.8. The van der Waals surface area contributed by atoms with Gasteiger partial charge in [0, 0.05) is 29.7 Å². The lowest BCUT2D eigenvalue weighted by Crippen LogP contribution is -2.11. The van der Waals surface area contributed by atoms with E-state index < -0.39 is 0 Å². The molecule has 5 heteroatoms. The van der Waals surface area contributed by atoms with Crippen molar-refractivity contribution in [1.82, 2.24) is 20.1 Å². The van der Waals surface area contributed by atoms with Crippen molar-refractivity contribution >= 4 is 11.3 Å². The van der Waals surface area contributed by atoms with E-state index in [2.05, 4.69) is 22.3 Å². The van der Waals surface area contributed by atoms with Crippen LogP contribution in [0.5, 0.6) is 0 Å². The summed E-state index contributed by atoms with van der Waals surface area (Å²) in [5, 5.41) is 8.54. The van der Waals surface area contributed by atoms with Crippen LogP contribution in [-0.4, -0.2) is 21.8 Å². The number of nitrogens with zero attached hydrogens (tertiary/aromatic N) is 3. The van der Waals surface area contributed by atoms with Gasteiger partial charge in [-0.3, -0.25) is 4.68 Å². The molecule has 0 aliphatic heterocycles. The smallest absolute Gasteiger partial charge is 0.0905 e. The van der Waals surface area contributed by atoms with Gasteiger partial charge in [0.25, 0.3) is 0 Å². The van der Waals surface area contributed by atoms with Gasteiger partial charge >= 0.3 is 0 Å². The molecule has 86 valence electrons. The topological polar surface area (TPSA) is 42.7 Å². The molecule has 2 aromatic heterocycles. The van der Waals surface area contributed by atoms with Crippen molar-refractivity contribution in [2.45, 2.75) is 19.9 Å². The molecule has 0 radical (unpaired) electrons. The molecule has 2 heterocycles. The molecule has 2 rings (SSSR count). The fourth-order valence-corrected chi connectivity index (χ4v) is 2.63. The predicted octanol–water partition coefficient (Wildman–Crippen LogP) is 2.13. The Bertz CT molecular complexity index is 486. The van der Waals surface area contributed by atoms with Gasteiger partial charge in [0.1, 0.15) is 0 Å². The van der Waals surface area contributed by atoms with E-state index in [4.69, 9.17) is 0 Å². The molecule has 0 spiro atoms. The van der Waals surface area contributed by atoms with Crippen LogP contribution in [-0.2, 0) is 7.05 Å². The van der Waals surface area contributed by atoms with Crippen molar-refractivity contribution in [2.75, 3.05) is 7.05 Å². The van der Waals surface area contributed by atoms with E-state index in [-0.39, 0.29) is 0 Å². The number of nitrogens with one attached hydrogen (secondary N) is 1. The van der Waals surface area contributed by atoms with E-state index in [1.165, 1.54) is 4.88 Å². The minimum Gasteiger partial charge on any atom is -0.312 e. The highest BCUT2D eigenvalue weighted by Gasteiger charge is 2.16. The summed E-state index contributed by atoms with van der Waals surface area (Å²) < 4.78 is 1.80. The second-order valence-electron chi connectivity index (χ2n) is 3.86. The maximum atomic E-state index is 4.59. The van der Waals surface area contributed by atoms with Crippen LogP contribution in [0.3, 0.4) is 0 Å². The summed E-state index contributed by atoms with van der Waals surface area (Å²) in [4.78, 5) is 5.86. The first-order valence-corrected chi connectivity index (χ1v) is 6.07. The molecule has 4 nitrogen and oxygen atoms in total. The van der Waals surface area contributed by atoms with Crippen LogP contribution < -0.4 is 5.32 Å². The summed E-state index contributed by atoms with van der Waals surface area (Å²) in [6.07, 6.45) is 3.86. The lowest BCUT2D eigenvalue weighted by Gasteiger charge is -2.08. The van der Waals surface area contributed by atoms with Crippen LogP contribution in [0, 0.1) is 6.92 Å². The summed E-state index contributed by atoms with van der Waals surface area (Å²) in [5.74, 6) is 0. The maximum absolute atomic E-state index is 4.59. The van der Waals surface area contributed by atoms with E-state index >= 15 is 0 Å². The molecule has 1 atom stereocenters. The zero-order valence-electron chi connectivity index (χ0n) is 9.98. The Hall–Kier alpha value is -1.20. The molecule has 0 aliphatic carbocycles. The Labute approximate surface area is 99.3 Å². The molecular formula is C11H16N4S. The molecule has 1 N–H and O–H groups in total. The predicted molar refractivity (Wildman–Crippen MR) is 66.5 cm³/mol. The third kappa shape index (κ3) is 2.01. The molecule has 0 aliphatic rings. The van der Waals surface area contributed by atoms with Crippen LogP contribution >= 0.6 is 11.3 Å². The Morgan fingerprint density at radius 1 is 1.50 bits per heavy atom. The SMILES string of the molecule is CNC(C)c1sc(C)nc1-c1cnn(C)c1. The summed E-state index contributed by atoms with van der Waals surface area (Å²) >= 11 is 1.74. The normalized spacial score (nSPS) is 13.0. The van der Waals surface area contributed by atoms with Gasteiger partial charge < -0.3 is 5.32 Å². The number of hydrogen-bond donors (Lipinski definition) is 1. The van der Waals surface area contributed by atoms with Crippen molar-refractivity contribution in [3.63, 3.8) is 0 Å². The van der Waals surface area contributed by atoms with Gasteiger partial charge in [-0.1, -0.05) is 0 Å². The average molecular weight is 236 g/mol. The molecular weight excluding hydrogens is 220 g/mol. The molecule has 1 unspecified atom stereocenters. The zero-order chi connectivity index (χ0) is 11.7. The third-order valence-corrected chi connectivity index (χ3v) is 3.72. The molecule has 0 aromatic carbocycles. The van der Waals surface area contributed by atoms with E-state index in [0.717, 1.165) is 16.3 Å². The van der Waals surface area contributed by atoms with Gasteiger partial charge in [-0.15, -0.1) is 11.3 Å². The number of aryl methyl sites for hydroxylation is 2. The van der Waals surface area contributed by atoms with E-state index in [9.17, 15) is 0 Å². The minimum absolute atomic E-state index is 0.321.